The van der Waals surface area contributed by atoms with Crippen molar-refractivity contribution >= 4 is 23.2 Å². The Morgan fingerprint density at radius 1 is 1.00 bits per heavy atom. The van der Waals surface area contributed by atoms with Crippen molar-refractivity contribution in [1.82, 2.24) is 0 Å². The summed E-state index contributed by atoms with van der Waals surface area (Å²) < 4.78 is 10.9. The van der Waals surface area contributed by atoms with Crippen LogP contribution < -0.4 is 9.47 Å². The van der Waals surface area contributed by atoms with Gasteiger partial charge in [-0.15, -0.1) is 0 Å². The third-order valence-electron chi connectivity index (χ3n) is 4.42. The zero-order valence-corrected chi connectivity index (χ0v) is 16.7. The standard InChI is InChI=1S/C21H25NO6/c1-5-7-8-9-14(22-28-18(25)6-2)13-12-17(26-3)19-15(23)10-11-16(24)20(19)21(13)27-4/h10-12H,5-9H2,1-4H3. The number of hydrogen-bond acceptors (Lipinski definition) is 7. The van der Waals surface area contributed by atoms with E-state index in [1.807, 2.05) is 0 Å². The number of unbranched alkanes of at least 4 members (excludes halogenated alkanes) is 2. The molecule has 1 aromatic carbocycles. The smallest absolute Gasteiger partial charge is 0.334 e. The molecular formula is C21H25NO6. The van der Waals surface area contributed by atoms with Crippen LogP contribution in [0.1, 0.15) is 72.2 Å². The van der Waals surface area contributed by atoms with Crippen LogP contribution >= 0.6 is 0 Å². The van der Waals surface area contributed by atoms with Gasteiger partial charge in [0, 0.05) is 12.0 Å². The minimum absolute atomic E-state index is 0.134. The molecule has 0 spiro atoms. The number of hydrogen-bond donors (Lipinski definition) is 0. The van der Waals surface area contributed by atoms with E-state index < -0.39 is 5.97 Å². The SMILES string of the molecule is CCCCCC(=NOC(=O)CC)c1cc(OC)c2c(c1OC)C(=O)C=CC2=O. The largest absolute Gasteiger partial charge is 0.496 e. The minimum Gasteiger partial charge on any atom is -0.496 e. The number of benzene rings is 1. The first-order chi connectivity index (χ1) is 13.5. The summed E-state index contributed by atoms with van der Waals surface area (Å²) in [6.07, 6.45) is 5.91. The molecule has 0 bridgehead atoms. The Bertz CT molecular complexity index is 838. The van der Waals surface area contributed by atoms with E-state index >= 15 is 0 Å². The minimum atomic E-state index is -0.467. The molecule has 0 unspecified atom stereocenters. The third kappa shape index (κ3) is 4.47. The van der Waals surface area contributed by atoms with E-state index in [-0.39, 0.29) is 40.6 Å². The fourth-order valence-electron chi connectivity index (χ4n) is 2.97. The summed E-state index contributed by atoms with van der Waals surface area (Å²) in [5, 5.41) is 4.03. The van der Waals surface area contributed by atoms with Gasteiger partial charge >= 0.3 is 5.97 Å². The van der Waals surface area contributed by atoms with Gasteiger partial charge in [-0.1, -0.05) is 31.8 Å². The van der Waals surface area contributed by atoms with Crippen LogP contribution in [0.4, 0.5) is 0 Å². The molecule has 0 saturated carbocycles. The molecule has 0 atom stereocenters. The second-order valence-corrected chi connectivity index (χ2v) is 6.28. The molecule has 1 aliphatic carbocycles. The van der Waals surface area contributed by atoms with Crippen LogP contribution in [0.25, 0.3) is 0 Å². The van der Waals surface area contributed by atoms with E-state index in [4.69, 9.17) is 14.3 Å². The van der Waals surface area contributed by atoms with E-state index in [1.54, 1.807) is 13.0 Å². The lowest BCUT2D eigenvalue weighted by atomic mass is 9.88. The molecule has 0 amide bonds. The highest BCUT2D eigenvalue weighted by Crippen LogP contribution is 2.38. The zero-order chi connectivity index (χ0) is 20.7. The van der Waals surface area contributed by atoms with E-state index in [1.165, 1.54) is 26.4 Å². The predicted octanol–water partition coefficient (Wildman–Crippen LogP) is 3.88. The lowest BCUT2D eigenvalue weighted by Crippen LogP contribution is -2.18. The lowest BCUT2D eigenvalue weighted by molar-refractivity contribution is -0.143. The molecule has 7 heteroatoms. The molecule has 7 nitrogen and oxygen atoms in total. The third-order valence-corrected chi connectivity index (χ3v) is 4.42. The van der Waals surface area contributed by atoms with E-state index in [0.29, 0.717) is 17.7 Å². The first kappa shape index (κ1) is 21.3. The van der Waals surface area contributed by atoms with Gasteiger partial charge in [-0.05, 0) is 31.1 Å². The van der Waals surface area contributed by atoms with Gasteiger partial charge in [0.05, 0.1) is 31.1 Å². The zero-order valence-electron chi connectivity index (χ0n) is 16.7. The van der Waals surface area contributed by atoms with Crippen LogP contribution in [-0.2, 0) is 9.63 Å². The average molecular weight is 387 g/mol. The molecule has 0 heterocycles. The Hall–Kier alpha value is -2.96. The Morgan fingerprint density at radius 3 is 2.25 bits per heavy atom. The van der Waals surface area contributed by atoms with Gasteiger partial charge in [-0.2, -0.15) is 0 Å². The summed E-state index contributed by atoms with van der Waals surface area (Å²) in [5.74, 6) is -0.686. The summed E-state index contributed by atoms with van der Waals surface area (Å²) in [5.41, 5.74) is 1.22. The van der Waals surface area contributed by atoms with Gasteiger partial charge in [0.25, 0.3) is 0 Å². The second kappa shape index (κ2) is 9.82. The Labute approximate surface area is 164 Å². The molecule has 150 valence electrons. The quantitative estimate of drug-likeness (QED) is 0.276. The number of allylic oxidation sites excluding steroid dienone is 2. The van der Waals surface area contributed by atoms with Gasteiger partial charge in [0.1, 0.15) is 11.5 Å². The molecule has 0 radical (unpaired) electrons. The molecule has 2 rings (SSSR count). The molecule has 0 aliphatic heterocycles. The average Bonchev–Trinajstić information content (AvgIpc) is 2.71. The number of carbonyl (C=O) groups excluding carboxylic acids is 3. The van der Waals surface area contributed by atoms with Crippen LogP contribution in [0.3, 0.4) is 0 Å². The Kier molecular flexibility index (Phi) is 7.49. The summed E-state index contributed by atoms with van der Waals surface area (Å²) in [6, 6.07) is 1.60. The van der Waals surface area contributed by atoms with Gasteiger partial charge < -0.3 is 14.3 Å². The van der Waals surface area contributed by atoms with Crippen molar-refractivity contribution in [3.63, 3.8) is 0 Å². The van der Waals surface area contributed by atoms with Crippen molar-refractivity contribution < 1.29 is 28.7 Å². The lowest BCUT2D eigenvalue weighted by Gasteiger charge is -2.20. The van der Waals surface area contributed by atoms with Crippen molar-refractivity contribution in [1.29, 1.82) is 0 Å². The fourth-order valence-corrected chi connectivity index (χ4v) is 2.97. The Balaban J connectivity index is 2.65. The Morgan fingerprint density at radius 2 is 1.68 bits per heavy atom. The highest BCUT2D eigenvalue weighted by molar-refractivity contribution is 6.25. The molecule has 0 saturated heterocycles. The summed E-state index contributed by atoms with van der Waals surface area (Å²) in [7, 11) is 2.84. The highest BCUT2D eigenvalue weighted by Gasteiger charge is 2.31. The maximum absolute atomic E-state index is 12.5. The second-order valence-electron chi connectivity index (χ2n) is 6.28. The topological polar surface area (TPSA) is 91.3 Å². The number of fused-ring (bicyclic) bond motifs is 1. The summed E-state index contributed by atoms with van der Waals surface area (Å²) in [4.78, 5) is 41.5. The number of methoxy groups -OCH3 is 2. The number of ketones is 2. The van der Waals surface area contributed by atoms with Crippen LogP contribution in [0.2, 0.25) is 0 Å². The van der Waals surface area contributed by atoms with Crippen LogP contribution in [0, 0.1) is 0 Å². The molecule has 1 aliphatic rings. The van der Waals surface area contributed by atoms with Crippen LogP contribution in [0.5, 0.6) is 11.5 Å². The van der Waals surface area contributed by atoms with Crippen LogP contribution in [0.15, 0.2) is 23.4 Å². The molecule has 28 heavy (non-hydrogen) atoms. The van der Waals surface area contributed by atoms with Gasteiger partial charge in [0.2, 0.25) is 0 Å². The number of nitrogens with zero attached hydrogens (tertiary/aromatic N) is 1. The van der Waals surface area contributed by atoms with E-state index in [0.717, 1.165) is 19.3 Å². The maximum atomic E-state index is 12.5. The highest BCUT2D eigenvalue weighted by atomic mass is 16.7. The van der Waals surface area contributed by atoms with Crippen molar-refractivity contribution in [2.75, 3.05) is 14.2 Å². The normalized spacial score (nSPS) is 13.4. The molecule has 0 aromatic heterocycles. The molecule has 0 N–H and O–H groups in total. The van der Waals surface area contributed by atoms with Crippen molar-refractivity contribution in [2.45, 2.75) is 46.0 Å². The van der Waals surface area contributed by atoms with E-state index in [9.17, 15) is 14.4 Å². The molecule has 1 aromatic rings. The van der Waals surface area contributed by atoms with Gasteiger partial charge in [-0.3, -0.25) is 9.59 Å². The predicted molar refractivity (Wildman–Crippen MR) is 104 cm³/mol. The van der Waals surface area contributed by atoms with Gasteiger partial charge in [-0.25, -0.2) is 4.79 Å². The van der Waals surface area contributed by atoms with Crippen molar-refractivity contribution in [2.24, 2.45) is 5.16 Å². The fraction of sp³-hybridized carbons (Fsp3) is 0.429. The summed E-state index contributed by atoms with van der Waals surface area (Å²) in [6.45, 7) is 3.75. The number of carbonyl (C=O) groups is 3. The maximum Gasteiger partial charge on any atom is 0.334 e. The van der Waals surface area contributed by atoms with Crippen molar-refractivity contribution in [3.8, 4) is 11.5 Å². The van der Waals surface area contributed by atoms with Crippen molar-refractivity contribution in [3.05, 3.63) is 34.9 Å². The molecule has 0 fully saturated rings. The monoisotopic (exact) mass is 387 g/mol. The van der Waals surface area contributed by atoms with E-state index in [2.05, 4.69) is 12.1 Å². The first-order valence-corrected chi connectivity index (χ1v) is 9.31. The number of oxime groups is 1. The summed E-state index contributed by atoms with van der Waals surface area (Å²) >= 11 is 0. The first-order valence-electron chi connectivity index (χ1n) is 9.31. The molecular weight excluding hydrogens is 362 g/mol. The number of rotatable bonds is 9. The number of ether oxygens (including phenoxy) is 2. The van der Waals surface area contributed by atoms with Gasteiger partial charge in [0.15, 0.2) is 11.6 Å². The van der Waals surface area contributed by atoms with Crippen LogP contribution in [-0.4, -0.2) is 37.5 Å².